The summed E-state index contributed by atoms with van der Waals surface area (Å²) < 4.78 is 5.67. The van der Waals surface area contributed by atoms with Crippen molar-refractivity contribution in [2.24, 2.45) is 0 Å². The monoisotopic (exact) mass is 316 g/mol. The van der Waals surface area contributed by atoms with E-state index in [-0.39, 0.29) is 18.1 Å². The molecule has 0 radical (unpaired) electrons. The zero-order valence-electron chi connectivity index (χ0n) is 13.8. The second kappa shape index (κ2) is 8.61. The van der Waals surface area contributed by atoms with Crippen molar-refractivity contribution in [1.82, 2.24) is 14.8 Å². The number of ether oxygens (including phenoxy) is 1. The maximum Gasteiger partial charge on any atom is 0.236 e. The predicted molar refractivity (Wildman–Crippen MR) is 86.3 cm³/mol. The molecule has 0 spiro atoms. The smallest absolute Gasteiger partial charge is 0.236 e. The predicted octanol–water partition coefficient (Wildman–Crippen LogP) is 1.43. The van der Waals surface area contributed by atoms with Crippen LogP contribution in [0.15, 0.2) is 24.4 Å². The second-order valence-electron chi connectivity index (χ2n) is 6.00. The molecule has 1 fully saturated rings. The Morgan fingerprint density at radius 2 is 2.17 bits per heavy atom. The van der Waals surface area contributed by atoms with Gasteiger partial charge in [-0.1, -0.05) is 6.07 Å². The first-order valence-corrected chi connectivity index (χ1v) is 8.01. The molecule has 0 saturated carbocycles. The summed E-state index contributed by atoms with van der Waals surface area (Å²) in [6.45, 7) is 6.65. The molecule has 6 heteroatoms. The number of carbonyl (C=O) groups is 1. The van der Waals surface area contributed by atoms with E-state index in [1.54, 1.807) is 6.20 Å². The molecule has 6 nitrogen and oxygen atoms in total. The molecule has 0 aliphatic carbocycles. The Labute approximate surface area is 137 Å². The van der Waals surface area contributed by atoms with Gasteiger partial charge in [0.15, 0.2) is 0 Å². The summed E-state index contributed by atoms with van der Waals surface area (Å²) in [6, 6.07) is 7.87. The number of hydrogen-bond acceptors (Lipinski definition) is 5. The first kappa shape index (κ1) is 17.4. The van der Waals surface area contributed by atoms with E-state index in [0.29, 0.717) is 39.1 Å². The number of amides is 1. The van der Waals surface area contributed by atoms with Gasteiger partial charge in [-0.3, -0.25) is 14.7 Å². The Kier molecular flexibility index (Phi) is 6.51. The quantitative estimate of drug-likeness (QED) is 0.794. The SMILES string of the molecule is C[C@@H]1CN(C(=O)CN(CCC#N)Cc2ccccn2)C[C@@H](C)O1. The summed E-state index contributed by atoms with van der Waals surface area (Å²) in [5.41, 5.74) is 0.905. The van der Waals surface area contributed by atoms with Crippen molar-refractivity contribution in [3.8, 4) is 6.07 Å². The van der Waals surface area contributed by atoms with Gasteiger partial charge in [-0.15, -0.1) is 0 Å². The third kappa shape index (κ3) is 5.62. The summed E-state index contributed by atoms with van der Waals surface area (Å²) in [6.07, 6.45) is 2.26. The molecule has 0 aromatic carbocycles. The molecule has 2 rings (SSSR count). The van der Waals surface area contributed by atoms with Crippen LogP contribution in [0, 0.1) is 11.3 Å². The topological polar surface area (TPSA) is 69.5 Å². The molecular formula is C17H24N4O2. The molecule has 1 aromatic heterocycles. The van der Waals surface area contributed by atoms with Crippen molar-refractivity contribution < 1.29 is 9.53 Å². The van der Waals surface area contributed by atoms with Crippen molar-refractivity contribution in [3.63, 3.8) is 0 Å². The van der Waals surface area contributed by atoms with Crippen molar-refractivity contribution in [1.29, 1.82) is 5.26 Å². The highest BCUT2D eigenvalue weighted by Crippen LogP contribution is 2.12. The minimum Gasteiger partial charge on any atom is -0.372 e. The van der Waals surface area contributed by atoms with E-state index in [9.17, 15) is 4.79 Å². The maximum atomic E-state index is 12.6. The molecule has 1 aliphatic rings. The normalized spacial score (nSPS) is 21.2. The Morgan fingerprint density at radius 3 is 2.78 bits per heavy atom. The lowest BCUT2D eigenvalue weighted by Gasteiger charge is -2.36. The van der Waals surface area contributed by atoms with Crippen LogP contribution in [-0.4, -0.2) is 59.1 Å². The first-order valence-electron chi connectivity index (χ1n) is 8.01. The zero-order chi connectivity index (χ0) is 16.7. The summed E-state index contributed by atoms with van der Waals surface area (Å²) in [5, 5.41) is 8.83. The third-order valence-electron chi connectivity index (χ3n) is 3.78. The number of nitriles is 1. The van der Waals surface area contributed by atoms with Crippen LogP contribution in [0.25, 0.3) is 0 Å². The highest BCUT2D eigenvalue weighted by atomic mass is 16.5. The van der Waals surface area contributed by atoms with Crippen LogP contribution in [0.5, 0.6) is 0 Å². The number of rotatable bonds is 6. The summed E-state index contributed by atoms with van der Waals surface area (Å²) in [4.78, 5) is 20.7. The zero-order valence-corrected chi connectivity index (χ0v) is 13.8. The fourth-order valence-electron chi connectivity index (χ4n) is 2.82. The van der Waals surface area contributed by atoms with Crippen LogP contribution in [-0.2, 0) is 16.1 Å². The number of hydrogen-bond donors (Lipinski definition) is 0. The van der Waals surface area contributed by atoms with Gasteiger partial charge < -0.3 is 9.64 Å². The van der Waals surface area contributed by atoms with Gasteiger partial charge in [0.2, 0.25) is 5.91 Å². The fraction of sp³-hybridized carbons (Fsp3) is 0.588. The van der Waals surface area contributed by atoms with E-state index in [4.69, 9.17) is 10.00 Å². The number of pyridine rings is 1. The Hall–Kier alpha value is -1.97. The van der Waals surface area contributed by atoms with Crippen LogP contribution >= 0.6 is 0 Å². The Morgan fingerprint density at radius 1 is 1.43 bits per heavy atom. The van der Waals surface area contributed by atoms with E-state index in [0.717, 1.165) is 5.69 Å². The van der Waals surface area contributed by atoms with Gasteiger partial charge in [0, 0.05) is 38.8 Å². The van der Waals surface area contributed by atoms with Gasteiger partial charge in [-0.25, -0.2) is 0 Å². The van der Waals surface area contributed by atoms with E-state index in [1.807, 2.05) is 41.8 Å². The number of nitrogens with zero attached hydrogens (tertiary/aromatic N) is 4. The van der Waals surface area contributed by atoms with Gasteiger partial charge in [0.05, 0.1) is 30.5 Å². The van der Waals surface area contributed by atoms with E-state index in [1.165, 1.54) is 0 Å². The van der Waals surface area contributed by atoms with Gasteiger partial charge in [0.1, 0.15) is 0 Å². The standard InChI is InChI=1S/C17H24N4O2/c1-14-10-21(11-15(2)23-14)17(22)13-20(9-5-7-18)12-16-6-3-4-8-19-16/h3-4,6,8,14-15H,5,9-13H2,1-2H3/t14-,15-/m1/s1. The maximum absolute atomic E-state index is 12.6. The molecule has 2 heterocycles. The van der Waals surface area contributed by atoms with Crippen molar-refractivity contribution in [2.45, 2.75) is 39.0 Å². The Balaban J connectivity index is 1.96. The highest BCUT2D eigenvalue weighted by molar-refractivity contribution is 5.78. The second-order valence-corrected chi connectivity index (χ2v) is 6.00. The van der Waals surface area contributed by atoms with Crippen LogP contribution in [0.4, 0.5) is 0 Å². The molecule has 124 valence electrons. The van der Waals surface area contributed by atoms with Gasteiger partial charge in [0.25, 0.3) is 0 Å². The van der Waals surface area contributed by atoms with E-state index < -0.39 is 0 Å². The largest absolute Gasteiger partial charge is 0.372 e. The van der Waals surface area contributed by atoms with Crippen LogP contribution < -0.4 is 0 Å². The lowest BCUT2D eigenvalue weighted by Crippen LogP contribution is -2.51. The molecule has 2 atom stereocenters. The lowest BCUT2D eigenvalue weighted by atomic mass is 10.2. The van der Waals surface area contributed by atoms with Crippen molar-refractivity contribution in [2.75, 3.05) is 26.2 Å². The molecule has 0 unspecified atom stereocenters. The number of aromatic nitrogens is 1. The third-order valence-corrected chi connectivity index (χ3v) is 3.78. The average Bonchev–Trinajstić information content (AvgIpc) is 2.52. The van der Waals surface area contributed by atoms with Crippen LogP contribution in [0.1, 0.15) is 26.0 Å². The average molecular weight is 316 g/mol. The molecule has 0 N–H and O–H groups in total. The Bertz CT molecular complexity index is 533. The minimum absolute atomic E-state index is 0.0612. The number of carbonyl (C=O) groups excluding carboxylic acids is 1. The molecule has 1 amide bonds. The van der Waals surface area contributed by atoms with E-state index >= 15 is 0 Å². The van der Waals surface area contributed by atoms with Crippen LogP contribution in [0.3, 0.4) is 0 Å². The van der Waals surface area contributed by atoms with Gasteiger partial charge in [-0.2, -0.15) is 5.26 Å². The minimum atomic E-state index is 0.0612. The van der Waals surface area contributed by atoms with Crippen molar-refractivity contribution >= 4 is 5.91 Å². The first-order chi connectivity index (χ1) is 11.1. The summed E-state index contributed by atoms with van der Waals surface area (Å²) in [5.74, 6) is 0.0841. The molecule has 1 saturated heterocycles. The molecule has 23 heavy (non-hydrogen) atoms. The lowest BCUT2D eigenvalue weighted by molar-refractivity contribution is -0.144. The summed E-state index contributed by atoms with van der Waals surface area (Å²) in [7, 11) is 0. The van der Waals surface area contributed by atoms with Gasteiger partial charge >= 0.3 is 0 Å². The molecule has 1 aromatic rings. The highest BCUT2D eigenvalue weighted by Gasteiger charge is 2.26. The summed E-state index contributed by atoms with van der Waals surface area (Å²) >= 11 is 0. The van der Waals surface area contributed by atoms with E-state index in [2.05, 4.69) is 11.1 Å². The number of morpholine rings is 1. The fourth-order valence-corrected chi connectivity index (χ4v) is 2.82. The van der Waals surface area contributed by atoms with Gasteiger partial charge in [-0.05, 0) is 26.0 Å². The molecule has 1 aliphatic heterocycles. The van der Waals surface area contributed by atoms with Crippen molar-refractivity contribution in [3.05, 3.63) is 30.1 Å². The molecule has 0 bridgehead atoms. The van der Waals surface area contributed by atoms with Crippen LogP contribution in [0.2, 0.25) is 0 Å². The molecular weight excluding hydrogens is 292 g/mol.